The van der Waals surface area contributed by atoms with Gasteiger partial charge in [-0.1, -0.05) is 62.4 Å². The maximum absolute atomic E-state index is 12.4. The van der Waals surface area contributed by atoms with Crippen molar-refractivity contribution in [1.29, 1.82) is 0 Å². The topological polar surface area (TPSA) is 95.9 Å². The third-order valence-electron chi connectivity index (χ3n) is 6.92. The summed E-state index contributed by atoms with van der Waals surface area (Å²) in [5, 5.41) is 12.2. The van der Waals surface area contributed by atoms with E-state index in [1.165, 1.54) is 16.0 Å². The van der Waals surface area contributed by atoms with E-state index in [1.54, 1.807) is 0 Å². The van der Waals surface area contributed by atoms with Gasteiger partial charge in [-0.15, -0.1) is 0 Å². The summed E-state index contributed by atoms with van der Waals surface area (Å²) in [6.45, 7) is 6.30. The van der Waals surface area contributed by atoms with Crippen LogP contribution < -0.4 is 5.32 Å². The lowest BCUT2D eigenvalue weighted by atomic mass is 9.74. The average molecular weight is 465 g/mol. The fourth-order valence-corrected chi connectivity index (χ4v) is 5.24. The van der Waals surface area contributed by atoms with Crippen molar-refractivity contribution in [3.8, 4) is 11.1 Å². The monoisotopic (exact) mass is 464 g/mol. The number of aliphatic carboxylic acids is 1. The quantitative estimate of drug-likeness (QED) is 0.604. The van der Waals surface area contributed by atoms with E-state index in [4.69, 9.17) is 4.74 Å². The number of hydrogen-bond acceptors (Lipinski definition) is 4. The molecule has 2 aromatic carbocycles. The van der Waals surface area contributed by atoms with Crippen LogP contribution in [-0.4, -0.2) is 53.2 Å². The van der Waals surface area contributed by atoms with Gasteiger partial charge < -0.3 is 20.1 Å². The van der Waals surface area contributed by atoms with Crippen molar-refractivity contribution in [2.45, 2.75) is 58.0 Å². The summed E-state index contributed by atoms with van der Waals surface area (Å²) < 4.78 is 5.58. The molecule has 180 valence electrons. The minimum absolute atomic E-state index is 0.00837. The Morgan fingerprint density at radius 2 is 1.68 bits per heavy atom. The van der Waals surface area contributed by atoms with Gasteiger partial charge in [-0.3, -0.25) is 4.79 Å². The molecule has 2 N–H and O–H groups in total. The van der Waals surface area contributed by atoms with Gasteiger partial charge in [0.2, 0.25) is 5.91 Å². The van der Waals surface area contributed by atoms with Gasteiger partial charge in [-0.2, -0.15) is 0 Å². The molecule has 0 spiro atoms. The van der Waals surface area contributed by atoms with Crippen LogP contribution in [0.2, 0.25) is 0 Å². The van der Waals surface area contributed by atoms with Gasteiger partial charge in [-0.05, 0) is 42.0 Å². The number of carbonyl (C=O) groups excluding carboxylic acids is 2. The molecule has 4 rings (SSSR count). The Labute approximate surface area is 200 Å². The maximum atomic E-state index is 12.4. The molecule has 0 saturated carbocycles. The van der Waals surface area contributed by atoms with Crippen LogP contribution in [0.3, 0.4) is 0 Å². The number of carboxylic acid groups (broad SMARTS) is 1. The molecular formula is C27H32N2O5. The first-order valence-corrected chi connectivity index (χ1v) is 11.8. The fourth-order valence-electron chi connectivity index (χ4n) is 5.24. The van der Waals surface area contributed by atoms with Gasteiger partial charge in [0.25, 0.3) is 0 Å². The van der Waals surface area contributed by atoms with E-state index in [9.17, 15) is 19.5 Å². The van der Waals surface area contributed by atoms with Crippen LogP contribution in [0.4, 0.5) is 4.79 Å². The molecule has 1 aliphatic carbocycles. The number of rotatable bonds is 8. The van der Waals surface area contributed by atoms with Crippen LogP contribution in [0.5, 0.6) is 0 Å². The highest BCUT2D eigenvalue weighted by molar-refractivity contribution is 5.86. The van der Waals surface area contributed by atoms with Gasteiger partial charge in [0, 0.05) is 30.3 Å². The number of amides is 2. The third-order valence-corrected chi connectivity index (χ3v) is 6.92. The molecule has 0 bridgehead atoms. The Morgan fingerprint density at radius 3 is 2.24 bits per heavy atom. The summed E-state index contributed by atoms with van der Waals surface area (Å²) in [4.78, 5) is 37.7. The lowest BCUT2D eigenvalue weighted by Crippen LogP contribution is -2.67. The van der Waals surface area contributed by atoms with Gasteiger partial charge >= 0.3 is 12.1 Å². The van der Waals surface area contributed by atoms with Crippen LogP contribution in [-0.2, 0) is 14.3 Å². The van der Waals surface area contributed by atoms with Crippen molar-refractivity contribution >= 4 is 18.0 Å². The number of alkyl carbamates (subject to hydrolysis) is 1. The number of hydrogen-bond donors (Lipinski definition) is 2. The molecule has 1 saturated heterocycles. The van der Waals surface area contributed by atoms with Crippen LogP contribution >= 0.6 is 0 Å². The second-order valence-electron chi connectivity index (χ2n) is 10.0. The Morgan fingerprint density at radius 1 is 1.09 bits per heavy atom. The van der Waals surface area contributed by atoms with E-state index in [1.807, 2.05) is 45.0 Å². The normalized spacial score (nSPS) is 18.9. The molecule has 2 aromatic rings. The van der Waals surface area contributed by atoms with Crippen LogP contribution in [0, 0.1) is 5.41 Å². The zero-order valence-corrected chi connectivity index (χ0v) is 19.9. The van der Waals surface area contributed by atoms with E-state index in [2.05, 4.69) is 29.6 Å². The Bertz CT molecular complexity index is 1050. The smallest absolute Gasteiger partial charge is 0.407 e. The summed E-state index contributed by atoms with van der Waals surface area (Å²) in [5.41, 5.74) is 4.29. The average Bonchev–Trinajstić information content (AvgIpc) is 3.09. The van der Waals surface area contributed by atoms with Gasteiger partial charge in [0.05, 0.1) is 0 Å². The fraction of sp³-hybridized carbons (Fsp3) is 0.444. The second-order valence-corrected chi connectivity index (χ2v) is 10.0. The van der Waals surface area contributed by atoms with E-state index >= 15 is 0 Å². The van der Waals surface area contributed by atoms with Crippen molar-refractivity contribution in [2.75, 3.05) is 13.2 Å². The zero-order valence-electron chi connectivity index (χ0n) is 19.9. The van der Waals surface area contributed by atoms with Crippen LogP contribution in [0.25, 0.3) is 11.1 Å². The molecule has 1 fully saturated rings. The lowest BCUT2D eigenvalue weighted by molar-refractivity contribution is -0.171. The summed E-state index contributed by atoms with van der Waals surface area (Å²) in [6.07, 6.45) is 0.949. The Hall–Kier alpha value is -3.35. The van der Waals surface area contributed by atoms with Crippen molar-refractivity contribution in [1.82, 2.24) is 10.2 Å². The highest BCUT2D eigenvalue weighted by Crippen LogP contribution is 2.44. The molecule has 2 atom stereocenters. The van der Waals surface area contributed by atoms with E-state index < -0.39 is 23.5 Å². The van der Waals surface area contributed by atoms with E-state index in [-0.39, 0.29) is 30.9 Å². The number of ether oxygens (including phenoxy) is 1. The summed E-state index contributed by atoms with van der Waals surface area (Å²) in [6, 6.07) is 15.5. The molecule has 7 nitrogen and oxygen atoms in total. The molecule has 0 aromatic heterocycles. The van der Waals surface area contributed by atoms with Crippen molar-refractivity contribution in [3.05, 3.63) is 59.7 Å². The van der Waals surface area contributed by atoms with Gasteiger partial charge in [-0.25, -0.2) is 9.59 Å². The first kappa shape index (κ1) is 23.8. The molecule has 2 unspecified atom stereocenters. The number of nitrogens with zero attached hydrogens (tertiary/aromatic N) is 1. The third kappa shape index (κ3) is 4.65. The predicted octanol–water partition coefficient (Wildman–Crippen LogP) is 4.41. The number of carbonyl (C=O) groups is 3. The largest absolute Gasteiger partial charge is 0.480 e. The zero-order chi connectivity index (χ0) is 24.5. The lowest BCUT2D eigenvalue weighted by Gasteiger charge is -2.51. The molecule has 1 heterocycles. The first-order chi connectivity index (χ1) is 16.2. The van der Waals surface area contributed by atoms with Gasteiger partial charge in [0.1, 0.15) is 12.6 Å². The molecule has 7 heteroatoms. The second kappa shape index (κ2) is 9.49. The van der Waals surface area contributed by atoms with E-state index in [0.29, 0.717) is 19.4 Å². The van der Waals surface area contributed by atoms with Crippen molar-refractivity contribution < 1.29 is 24.2 Å². The standard InChI is InChI=1S/C27H32N2O5/c1-17(9-8-14-23(30)29-16-27(2,3)24(29)25(31)32)28-26(33)34-15-22-20-12-6-4-10-18(20)19-11-5-7-13-21(19)22/h4-7,10-13,17,22,24H,8-9,14-16H2,1-3H3,(H,28,33)(H,31,32). The predicted molar refractivity (Wildman–Crippen MR) is 128 cm³/mol. The summed E-state index contributed by atoms with van der Waals surface area (Å²) in [7, 11) is 0. The molecule has 0 radical (unpaired) electrons. The maximum Gasteiger partial charge on any atom is 0.407 e. The van der Waals surface area contributed by atoms with Crippen LogP contribution in [0.1, 0.15) is 57.1 Å². The highest BCUT2D eigenvalue weighted by atomic mass is 16.5. The number of likely N-dealkylation sites (tertiary alicyclic amines) is 1. The first-order valence-electron chi connectivity index (χ1n) is 11.8. The molecule has 1 aliphatic heterocycles. The summed E-state index contributed by atoms with van der Waals surface area (Å²) in [5.74, 6) is -1.11. The van der Waals surface area contributed by atoms with Crippen LogP contribution in [0.15, 0.2) is 48.5 Å². The molecular weight excluding hydrogens is 432 g/mol. The molecule has 34 heavy (non-hydrogen) atoms. The number of nitrogens with one attached hydrogen (secondary N) is 1. The number of benzene rings is 2. The number of carboxylic acids is 1. The van der Waals surface area contributed by atoms with Gasteiger partial charge in [0.15, 0.2) is 0 Å². The Balaban J connectivity index is 1.22. The SMILES string of the molecule is CC(CCCC(=O)N1CC(C)(C)C1C(=O)O)NC(=O)OCC1c2ccccc2-c2ccccc21. The highest BCUT2D eigenvalue weighted by Gasteiger charge is 2.52. The molecule has 2 amide bonds. The Kier molecular flexibility index (Phi) is 6.64. The minimum Gasteiger partial charge on any atom is -0.480 e. The number of fused-ring (bicyclic) bond motifs is 3. The molecule has 2 aliphatic rings. The minimum atomic E-state index is -0.963. The van der Waals surface area contributed by atoms with E-state index in [0.717, 1.165) is 11.1 Å². The summed E-state index contributed by atoms with van der Waals surface area (Å²) >= 11 is 0. The van der Waals surface area contributed by atoms with Crippen molar-refractivity contribution in [2.24, 2.45) is 5.41 Å². The van der Waals surface area contributed by atoms with Crippen molar-refractivity contribution in [3.63, 3.8) is 0 Å².